The molecule has 1 unspecified atom stereocenters. The van der Waals surface area contributed by atoms with E-state index in [0.717, 1.165) is 12.1 Å². The lowest BCUT2D eigenvalue weighted by Gasteiger charge is -2.14. The molecular weight excluding hydrogens is 230 g/mol. The molecule has 17 heavy (non-hydrogen) atoms. The second-order valence-electron chi connectivity index (χ2n) is 4.04. The van der Waals surface area contributed by atoms with Crippen molar-refractivity contribution in [2.45, 2.75) is 25.8 Å². The normalized spacial score (nSPS) is 12.6. The van der Waals surface area contributed by atoms with Gasteiger partial charge >= 0.3 is 0 Å². The maximum atomic E-state index is 4.13. The number of nitrogens with zero attached hydrogens (tertiary/aromatic N) is 2. The van der Waals surface area contributed by atoms with Crippen molar-refractivity contribution in [3.63, 3.8) is 0 Å². The van der Waals surface area contributed by atoms with Gasteiger partial charge in [0.15, 0.2) is 0 Å². The molecule has 2 rings (SSSR count). The van der Waals surface area contributed by atoms with Crippen LogP contribution in [0.5, 0.6) is 0 Å². The average Bonchev–Trinajstić information content (AvgIpc) is 2.86. The van der Waals surface area contributed by atoms with Crippen LogP contribution in [0.4, 0.5) is 0 Å². The fourth-order valence-corrected chi connectivity index (χ4v) is 2.43. The molecule has 0 aliphatic carbocycles. The van der Waals surface area contributed by atoms with Gasteiger partial charge in [-0.2, -0.15) is 0 Å². The topological polar surface area (TPSA) is 37.8 Å². The highest BCUT2D eigenvalue weighted by atomic mass is 32.1. The Kier molecular flexibility index (Phi) is 4.23. The van der Waals surface area contributed by atoms with Crippen molar-refractivity contribution in [1.82, 2.24) is 14.9 Å². The summed E-state index contributed by atoms with van der Waals surface area (Å²) in [6.07, 6.45) is 2.33. The molecule has 3 nitrogen and oxygen atoms in total. The summed E-state index contributed by atoms with van der Waals surface area (Å²) < 4.78 is 3.92. The Morgan fingerprint density at radius 2 is 2.06 bits per heavy atom. The molecule has 1 heterocycles. The molecule has 0 aliphatic rings. The summed E-state index contributed by atoms with van der Waals surface area (Å²) in [5.41, 5.74) is 3.61. The van der Waals surface area contributed by atoms with Gasteiger partial charge in [-0.05, 0) is 36.1 Å². The molecule has 0 fully saturated rings. The highest BCUT2D eigenvalue weighted by Gasteiger charge is 2.14. The van der Waals surface area contributed by atoms with E-state index >= 15 is 0 Å². The predicted octanol–water partition coefficient (Wildman–Crippen LogP) is 2.80. The molecule has 1 aromatic heterocycles. The van der Waals surface area contributed by atoms with Crippen molar-refractivity contribution in [3.8, 4) is 0 Å². The average molecular weight is 247 g/mol. The fourth-order valence-electron chi connectivity index (χ4n) is 1.95. The molecule has 0 spiro atoms. The summed E-state index contributed by atoms with van der Waals surface area (Å²) in [6, 6.07) is 8.88. The van der Waals surface area contributed by atoms with E-state index < -0.39 is 0 Å². The Bertz CT molecular complexity index is 436. The number of hydrogen-bond donors (Lipinski definition) is 1. The van der Waals surface area contributed by atoms with E-state index in [-0.39, 0.29) is 6.04 Å². The lowest BCUT2D eigenvalue weighted by molar-refractivity contribution is 0.667. The van der Waals surface area contributed by atoms with Crippen LogP contribution in [0.25, 0.3) is 0 Å². The summed E-state index contributed by atoms with van der Waals surface area (Å²) in [4.78, 5) is 0. The van der Waals surface area contributed by atoms with Gasteiger partial charge in [-0.25, -0.2) is 0 Å². The number of aryl methyl sites for hydroxylation is 1. The Morgan fingerprint density at radius 1 is 1.29 bits per heavy atom. The monoisotopic (exact) mass is 247 g/mol. The highest BCUT2D eigenvalue weighted by molar-refractivity contribution is 7.03. The van der Waals surface area contributed by atoms with Gasteiger partial charge in [-0.15, -0.1) is 5.10 Å². The van der Waals surface area contributed by atoms with Gasteiger partial charge in [-0.3, -0.25) is 0 Å². The molecule has 1 atom stereocenters. The third-order valence-electron chi connectivity index (χ3n) is 2.81. The Morgan fingerprint density at radius 3 is 2.59 bits per heavy atom. The Labute approximate surface area is 106 Å². The molecule has 0 amide bonds. The zero-order valence-corrected chi connectivity index (χ0v) is 11.0. The zero-order valence-electron chi connectivity index (χ0n) is 10.2. The molecule has 0 saturated carbocycles. The standard InChI is InChI=1S/C13H17N3S/c1-3-4-10-5-7-11(8-6-10)13(14-2)12-9-17-16-15-12/h5-9,13-14H,3-4H2,1-2H3. The lowest BCUT2D eigenvalue weighted by Crippen LogP contribution is -2.18. The van der Waals surface area contributed by atoms with E-state index in [1.165, 1.54) is 29.1 Å². The minimum atomic E-state index is 0.143. The molecular formula is C13H17N3S. The van der Waals surface area contributed by atoms with Crippen molar-refractivity contribution < 1.29 is 0 Å². The molecule has 4 heteroatoms. The van der Waals surface area contributed by atoms with E-state index in [1.54, 1.807) is 0 Å². The maximum absolute atomic E-state index is 4.13. The first kappa shape index (κ1) is 12.2. The van der Waals surface area contributed by atoms with Crippen LogP contribution in [0.1, 0.15) is 36.2 Å². The predicted molar refractivity (Wildman–Crippen MR) is 71.2 cm³/mol. The second-order valence-corrected chi connectivity index (χ2v) is 4.65. The molecule has 2 aromatic rings. The summed E-state index contributed by atoms with van der Waals surface area (Å²) >= 11 is 1.39. The second kappa shape index (κ2) is 5.89. The van der Waals surface area contributed by atoms with E-state index in [4.69, 9.17) is 0 Å². The Balaban J connectivity index is 2.20. The van der Waals surface area contributed by atoms with Crippen molar-refractivity contribution in [1.29, 1.82) is 0 Å². The third kappa shape index (κ3) is 2.90. The van der Waals surface area contributed by atoms with E-state index in [1.807, 2.05) is 12.4 Å². The van der Waals surface area contributed by atoms with Crippen LogP contribution in [-0.2, 0) is 6.42 Å². The van der Waals surface area contributed by atoms with Gasteiger partial charge in [0, 0.05) is 5.38 Å². The van der Waals surface area contributed by atoms with Crippen LogP contribution in [0.15, 0.2) is 29.6 Å². The van der Waals surface area contributed by atoms with E-state index in [2.05, 4.69) is 46.1 Å². The van der Waals surface area contributed by atoms with Crippen LogP contribution >= 0.6 is 11.5 Å². The molecule has 0 radical (unpaired) electrons. The quantitative estimate of drug-likeness (QED) is 0.883. The largest absolute Gasteiger partial charge is 0.308 e. The fraction of sp³-hybridized carbons (Fsp3) is 0.385. The smallest absolute Gasteiger partial charge is 0.0970 e. The number of benzene rings is 1. The first-order chi connectivity index (χ1) is 8.35. The van der Waals surface area contributed by atoms with Crippen LogP contribution in [0, 0.1) is 0 Å². The Hall–Kier alpha value is -1.26. The molecule has 0 aliphatic heterocycles. The van der Waals surface area contributed by atoms with Gasteiger partial charge in [0.1, 0.15) is 0 Å². The van der Waals surface area contributed by atoms with Gasteiger partial charge in [0.05, 0.1) is 11.7 Å². The third-order valence-corrected chi connectivity index (χ3v) is 3.34. The van der Waals surface area contributed by atoms with Crippen molar-refractivity contribution in [2.75, 3.05) is 7.05 Å². The maximum Gasteiger partial charge on any atom is 0.0970 e. The summed E-state index contributed by atoms with van der Waals surface area (Å²) in [7, 11) is 1.95. The van der Waals surface area contributed by atoms with E-state index in [0.29, 0.717) is 0 Å². The number of rotatable bonds is 5. The summed E-state index contributed by atoms with van der Waals surface area (Å²) in [6.45, 7) is 2.20. The SMILES string of the molecule is CCCc1ccc(C(NC)c2csnn2)cc1. The lowest BCUT2D eigenvalue weighted by atomic mass is 10.0. The number of aromatic nitrogens is 2. The minimum Gasteiger partial charge on any atom is -0.308 e. The van der Waals surface area contributed by atoms with Crippen molar-refractivity contribution >= 4 is 11.5 Å². The number of hydrogen-bond acceptors (Lipinski definition) is 4. The van der Waals surface area contributed by atoms with Gasteiger partial charge < -0.3 is 5.32 Å². The summed E-state index contributed by atoms with van der Waals surface area (Å²) in [5, 5.41) is 9.39. The molecule has 90 valence electrons. The minimum absolute atomic E-state index is 0.143. The molecule has 1 N–H and O–H groups in total. The van der Waals surface area contributed by atoms with Crippen molar-refractivity contribution in [2.24, 2.45) is 0 Å². The molecule has 0 saturated heterocycles. The van der Waals surface area contributed by atoms with Crippen LogP contribution in [-0.4, -0.2) is 16.6 Å². The summed E-state index contributed by atoms with van der Waals surface area (Å²) in [5.74, 6) is 0. The van der Waals surface area contributed by atoms with Crippen LogP contribution < -0.4 is 5.32 Å². The first-order valence-electron chi connectivity index (χ1n) is 5.88. The molecule has 0 bridgehead atoms. The van der Waals surface area contributed by atoms with Crippen molar-refractivity contribution in [3.05, 3.63) is 46.5 Å². The highest BCUT2D eigenvalue weighted by Crippen LogP contribution is 2.21. The van der Waals surface area contributed by atoms with Gasteiger partial charge in [0.2, 0.25) is 0 Å². The van der Waals surface area contributed by atoms with E-state index in [9.17, 15) is 0 Å². The first-order valence-corrected chi connectivity index (χ1v) is 6.72. The van der Waals surface area contributed by atoms with Crippen LogP contribution in [0.2, 0.25) is 0 Å². The van der Waals surface area contributed by atoms with Gasteiger partial charge in [0.25, 0.3) is 0 Å². The van der Waals surface area contributed by atoms with Crippen LogP contribution in [0.3, 0.4) is 0 Å². The van der Waals surface area contributed by atoms with Gasteiger partial charge in [-0.1, -0.05) is 42.1 Å². The number of nitrogens with one attached hydrogen (secondary N) is 1. The molecule has 1 aromatic carbocycles. The zero-order chi connectivity index (χ0) is 12.1.